The molecule has 1 rings (SSSR count). The number of methoxy groups -OCH3 is 1. The molecule has 0 atom stereocenters. The van der Waals surface area contributed by atoms with Gasteiger partial charge in [0.15, 0.2) is 0 Å². The van der Waals surface area contributed by atoms with Crippen LogP contribution in [0.5, 0.6) is 5.88 Å². The van der Waals surface area contributed by atoms with Crippen LogP contribution < -0.4 is 15.4 Å². The van der Waals surface area contributed by atoms with Crippen molar-refractivity contribution in [3.05, 3.63) is 11.9 Å². The number of nitrogens with zero attached hydrogens (tertiary/aromatic N) is 3. The average molecular weight is 246 g/mol. The number of aromatic nitrogens is 2. The zero-order valence-corrected chi connectivity index (χ0v) is 9.86. The number of anilines is 1. The van der Waals surface area contributed by atoms with Crippen molar-refractivity contribution < 1.29 is 13.5 Å². The maximum Gasteiger partial charge on any atom is 0.255 e. The third-order valence-corrected chi connectivity index (χ3v) is 2.26. The van der Waals surface area contributed by atoms with Crippen LogP contribution in [0, 0.1) is 6.92 Å². The number of alkyl halides is 2. The second kappa shape index (κ2) is 6.29. The zero-order valence-electron chi connectivity index (χ0n) is 9.86. The fourth-order valence-corrected chi connectivity index (χ4v) is 1.56. The van der Waals surface area contributed by atoms with Crippen LogP contribution in [0.1, 0.15) is 5.56 Å². The second-order valence-electron chi connectivity index (χ2n) is 3.46. The molecule has 0 amide bonds. The molecule has 0 aliphatic carbocycles. The fraction of sp³-hybridized carbons (Fsp3) is 0.600. The molecular weight excluding hydrogens is 230 g/mol. The number of hydrogen-bond donors (Lipinski definition) is 1. The largest absolute Gasteiger partial charge is 0.481 e. The average Bonchev–Trinajstić information content (AvgIpc) is 2.28. The van der Waals surface area contributed by atoms with E-state index in [1.54, 1.807) is 6.92 Å². The van der Waals surface area contributed by atoms with E-state index >= 15 is 0 Å². The van der Waals surface area contributed by atoms with Crippen LogP contribution >= 0.6 is 0 Å². The van der Waals surface area contributed by atoms with Crippen LogP contribution in [0.4, 0.5) is 14.6 Å². The monoisotopic (exact) mass is 246 g/mol. The molecule has 17 heavy (non-hydrogen) atoms. The van der Waals surface area contributed by atoms with Crippen molar-refractivity contribution in [2.24, 2.45) is 5.73 Å². The molecule has 0 bridgehead atoms. The Balaban J connectivity index is 3.00. The van der Waals surface area contributed by atoms with Gasteiger partial charge >= 0.3 is 0 Å². The van der Waals surface area contributed by atoms with Gasteiger partial charge in [-0.2, -0.15) is 0 Å². The molecule has 1 heterocycles. The summed E-state index contributed by atoms with van der Waals surface area (Å²) in [5.74, 6) is 0.814. The molecule has 1 aromatic rings. The van der Waals surface area contributed by atoms with Gasteiger partial charge in [-0.1, -0.05) is 0 Å². The lowest BCUT2D eigenvalue weighted by atomic mass is 10.3. The van der Waals surface area contributed by atoms with E-state index in [0.717, 1.165) is 0 Å². The van der Waals surface area contributed by atoms with Gasteiger partial charge in [-0.3, -0.25) is 0 Å². The van der Waals surface area contributed by atoms with Gasteiger partial charge in [0.2, 0.25) is 5.88 Å². The third kappa shape index (κ3) is 3.48. The van der Waals surface area contributed by atoms with Gasteiger partial charge in [0, 0.05) is 13.1 Å². The Hall–Kier alpha value is -1.50. The summed E-state index contributed by atoms with van der Waals surface area (Å²) in [6.45, 7) is 1.91. The standard InChI is InChI=1S/C10H16F2N4O/c1-7-9(14-6-15-10(7)17-2)16(4-3-13)5-8(11)12/h6,8H,3-5,13H2,1-2H3. The van der Waals surface area contributed by atoms with Crippen molar-refractivity contribution in [1.82, 2.24) is 9.97 Å². The van der Waals surface area contributed by atoms with E-state index in [1.807, 2.05) is 0 Å². The van der Waals surface area contributed by atoms with Gasteiger partial charge in [0.05, 0.1) is 19.2 Å². The number of rotatable bonds is 6. The molecule has 0 saturated carbocycles. The number of ether oxygens (including phenoxy) is 1. The Kier molecular flexibility index (Phi) is 5.02. The molecule has 0 aliphatic rings. The predicted octanol–water partition coefficient (Wildman–Crippen LogP) is 0.824. The van der Waals surface area contributed by atoms with Gasteiger partial charge in [-0.15, -0.1) is 0 Å². The van der Waals surface area contributed by atoms with E-state index in [-0.39, 0.29) is 6.54 Å². The first-order chi connectivity index (χ1) is 8.10. The zero-order chi connectivity index (χ0) is 12.8. The molecule has 0 saturated heterocycles. The van der Waals surface area contributed by atoms with Crippen molar-refractivity contribution in [2.75, 3.05) is 31.6 Å². The molecule has 7 heteroatoms. The molecule has 0 aromatic carbocycles. The van der Waals surface area contributed by atoms with E-state index in [9.17, 15) is 8.78 Å². The van der Waals surface area contributed by atoms with E-state index in [1.165, 1.54) is 18.3 Å². The first kappa shape index (κ1) is 13.6. The van der Waals surface area contributed by atoms with E-state index in [4.69, 9.17) is 10.5 Å². The smallest absolute Gasteiger partial charge is 0.255 e. The van der Waals surface area contributed by atoms with Crippen molar-refractivity contribution in [1.29, 1.82) is 0 Å². The molecule has 0 radical (unpaired) electrons. The van der Waals surface area contributed by atoms with Crippen LogP contribution in [0.15, 0.2) is 6.33 Å². The summed E-state index contributed by atoms with van der Waals surface area (Å²) in [5.41, 5.74) is 6.03. The number of halogens is 2. The van der Waals surface area contributed by atoms with Gasteiger partial charge < -0.3 is 15.4 Å². The lowest BCUT2D eigenvalue weighted by Crippen LogP contribution is -2.34. The molecule has 1 aromatic heterocycles. The molecule has 96 valence electrons. The molecule has 5 nitrogen and oxygen atoms in total. The Bertz CT molecular complexity index is 362. The van der Waals surface area contributed by atoms with Crippen molar-refractivity contribution in [2.45, 2.75) is 13.3 Å². The summed E-state index contributed by atoms with van der Waals surface area (Å²) in [5, 5.41) is 0. The minimum atomic E-state index is -2.44. The first-order valence-corrected chi connectivity index (χ1v) is 5.18. The van der Waals surface area contributed by atoms with Crippen molar-refractivity contribution in [3.8, 4) is 5.88 Å². The molecule has 0 aliphatic heterocycles. The SMILES string of the molecule is COc1ncnc(N(CCN)CC(F)F)c1C. The van der Waals surface area contributed by atoms with Crippen LogP contribution in [0.3, 0.4) is 0 Å². The summed E-state index contributed by atoms with van der Waals surface area (Å²) in [6, 6.07) is 0. The highest BCUT2D eigenvalue weighted by atomic mass is 19.3. The summed E-state index contributed by atoms with van der Waals surface area (Å²) in [4.78, 5) is 9.34. The van der Waals surface area contributed by atoms with Gasteiger partial charge in [-0.05, 0) is 6.92 Å². The topological polar surface area (TPSA) is 64.3 Å². The predicted molar refractivity (Wildman–Crippen MR) is 60.6 cm³/mol. The Morgan fingerprint density at radius 2 is 2.18 bits per heavy atom. The highest BCUT2D eigenvalue weighted by molar-refractivity contribution is 5.50. The fourth-order valence-electron chi connectivity index (χ4n) is 1.56. The Labute approximate surface area is 98.6 Å². The van der Waals surface area contributed by atoms with E-state index in [0.29, 0.717) is 23.8 Å². The molecule has 2 N–H and O–H groups in total. The molecule has 0 spiro atoms. The van der Waals surface area contributed by atoms with Crippen LogP contribution in [-0.2, 0) is 0 Å². The highest BCUT2D eigenvalue weighted by Gasteiger charge is 2.17. The van der Waals surface area contributed by atoms with Crippen molar-refractivity contribution in [3.63, 3.8) is 0 Å². The third-order valence-electron chi connectivity index (χ3n) is 2.26. The van der Waals surface area contributed by atoms with Crippen LogP contribution in [0.25, 0.3) is 0 Å². The highest BCUT2D eigenvalue weighted by Crippen LogP contribution is 2.23. The summed E-state index contributed by atoms with van der Waals surface area (Å²) in [6.07, 6.45) is -1.15. The molecular formula is C10H16F2N4O. The lowest BCUT2D eigenvalue weighted by molar-refractivity contribution is 0.154. The summed E-state index contributed by atoms with van der Waals surface area (Å²) < 4.78 is 29.9. The first-order valence-electron chi connectivity index (χ1n) is 5.18. The quantitative estimate of drug-likeness (QED) is 0.805. The summed E-state index contributed by atoms with van der Waals surface area (Å²) >= 11 is 0. The Morgan fingerprint density at radius 3 is 2.71 bits per heavy atom. The van der Waals surface area contributed by atoms with Gasteiger partial charge in [0.1, 0.15) is 12.1 Å². The number of nitrogens with two attached hydrogens (primary N) is 1. The van der Waals surface area contributed by atoms with Crippen molar-refractivity contribution >= 4 is 5.82 Å². The summed E-state index contributed by atoms with van der Waals surface area (Å²) in [7, 11) is 1.47. The second-order valence-corrected chi connectivity index (χ2v) is 3.46. The maximum absolute atomic E-state index is 12.5. The van der Waals surface area contributed by atoms with Crippen LogP contribution in [0.2, 0.25) is 0 Å². The Morgan fingerprint density at radius 1 is 1.47 bits per heavy atom. The minimum absolute atomic E-state index is 0.276. The molecule has 0 fully saturated rings. The van der Waals surface area contributed by atoms with Crippen LogP contribution in [-0.4, -0.2) is 43.1 Å². The lowest BCUT2D eigenvalue weighted by Gasteiger charge is -2.24. The maximum atomic E-state index is 12.5. The minimum Gasteiger partial charge on any atom is -0.481 e. The van der Waals surface area contributed by atoms with Gasteiger partial charge in [0.25, 0.3) is 6.43 Å². The van der Waals surface area contributed by atoms with Gasteiger partial charge in [-0.25, -0.2) is 18.7 Å². The van der Waals surface area contributed by atoms with E-state index in [2.05, 4.69) is 9.97 Å². The normalized spacial score (nSPS) is 10.7. The van der Waals surface area contributed by atoms with E-state index < -0.39 is 13.0 Å². The molecule has 0 unspecified atom stereocenters. The number of hydrogen-bond acceptors (Lipinski definition) is 5.